The average molecular weight is 1480 g/mol. The number of benzene rings is 13. The Morgan fingerprint density at radius 2 is 0.354 bits per heavy atom. The van der Waals surface area contributed by atoms with E-state index in [1.165, 1.54) is 44.5 Å². The molecule has 4 aliphatic heterocycles. The fourth-order valence-electron chi connectivity index (χ4n) is 17.5. The molecule has 13 aromatic carbocycles. The fourth-order valence-corrected chi connectivity index (χ4v) is 17.5. The van der Waals surface area contributed by atoms with Crippen LogP contribution >= 0.6 is 0 Å². The Morgan fingerprint density at radius 3 is 0.504 bits per heavy atom. The second-order valence-electron chi connectivity index (χ2n) is 33.8. The largest absolute Gasteiger partial charge is 0.306 e. The van der Waals surface area contributed by atoms with Crippen molar-refractivity contribution >= 4 is 136 Å². The summed E-state index contributed by atoms with van der Waals surface area (Å²) < 4.78 is 0. The van der Waals surface area contributed by atoms with Crippen LogP contribution in [0.4, 0.5) is 136 Å². The van der Waals surface area contributed by atoms with Gasteiger partial charge in [-0.2, -0.15) is 5.26 Å². The second-order valence-corrected chi connectivity index (χ2v) is 33.8. The summed E-state index contributed by atoms with van der Waals surface area (Å²) in [6.07, 6.45) is 0. The molecule has 17 rings (SSSR count). The van der Waals surface area contributed by atoms with Crippen molar-refractivity contribution in [2.75, 3.05) is 39.2 Å². The maximum atomic E-state index is 14.2. The lowest BCUT2D eigenvalue weighted by molar-refractivity contribution is 0.862. The van der Waals surface area contributed by atoms with Gasteiger partial charge in [-0.3, -0.25) is 0 Å². The van der Waals surface area contributed by atoms with Gasteiger partial charge in [0, 0.05) is 28.3 Å². The summed E-state index contributed by atoms with van der Waals surface area (Å²) in [5, 5.41) is 14.2. The van der Waals surface area contributed by atoms with Crippen molar-refractivity contribution in [3.05, 3.63) is 323 Å². The van der Waals surface area contributed by atoms with E-state index in [9.17, 15) is 5.26 Å². The molecule has 564 valence electrons. The molecule has 0 atom stereocenters. The standard InChI is InChI=1S/C104H103N9/c1-63(2)72-38-46-85-93(54-72)106(80-30-22-18-23-31-80)94-55-73(64(3)4)39-47-86(94)110(85)101-71(17)102(111-87-48-40-74(65(5)6)56-95(87)107(81-32-24-19-25-33-81)96-57-75(66(7)8)41-49-88(96)111)104(113-91-52-44-78(69(13)14)60-99(91)109(83-36-28-21-29-37-83)100-61-79(70(15)16)45-53-92(100)113)84(62-105)103(101)112-89-50-42-76(67(9)10)58-97(89)108(82-34-26-20-27-35-82)98-59-77(68(11)12)43-51-90(98)112/h18-61,63-70H,1-17H3. The van der Waals surface area contributed by atoms with Gasteiger partial charge < -0.3 is 39.2 Å². The second kappa shape index (κ2) is 29.1. The van der Waals surface area contributed by atoms with Crippen molar-refractivity contribution < 1.29 is 0 Å². The smallest absolute Gasteiger partial charge is 0.104 e. The third-order valence-corrected chi connectivity index (χ3v) is 23.9. The van der Waals surface area contributed by atoms with Crippen molar-refractivity contribution in [2.24, 2.45) is 0 Å². The lowest BCUT2D eigenvalue weighted by atomic mass is 9.89. The summed E-state index contributed by atoms with van der Waals surface area (Å²) in [5.74, 6) is 1.57. The van der Waals surface area contributed by atoms with E-state index in [0.717, 1.165) is 142 Å². The molecule has 9 nitrogen and oxygen atoms in total. The normalized spacial score (nSPS) is 13.5. The minimum absolute atomic E-state index is 0.192. The molecule has 0 aromatic heterocycles. The minimum atomic E-state index is 0.192. The number of fused-ring (bicyclic) bond motifs is 8. The molecule has 0 bridgehead atoms. The number of para-hydroxylation sites is 4. The molecule has 113 heavy (non-hydrogen) atoms. The monoisotopic (exact) mass is 1480 g/mol. The van der Waals surface area contributed by atoms with Crippen molar-refractivity contribution in [1.82, 2.24) is 0 Å². The first-order chi connectivity index (χ1) is 54.6. The van der Waals surface area contributed by atoms with Gasteiger partial charge in [-0.1, -0.05) is 232 Å². The molecule has 0 unspecified atom stereocenters. The third kappa shape index (κ3) is 12.4. The molecule has 0 spiro atoms. The lowest BCUT2D eigenvalue weighted by Gasteiger charge is -2.48. The van der Waals surface area contributed by atoms with Crippen LogP contribution in [0.15, 0.2) is 267 Å². The molecule has 0 saturated heterocycles. The first kappa shape index (κ1) is 73.5. The maximum Gasteiger partial charge on any atom is 0.104 e. The van der Waals surface area contributed by atoms with Gasteiger partial charge >= 0.3 is 0 Å². The predicted molar refractivity (Wildman–Crippen MR) is 480 cm³/mol. The van der Waals surface area contributed by atoms with Crippen molar-refractivity contribution in [3.63, 3.8) is 0 Å². The van der Waals surface area contributed by atoms with Crippen LogP contribution in [0.5, 0.6) is 0 Å². The number of rotatable bonds is 16. The van der Waals surface area contributed by atoms with Gasteiger partial charge in [0.05, 0.1) is 114 Å². The molecule has 0 aliphatic carbocycles. The molecule has 13 aromatic rings. The number of nitrogens with zero attached hydrogens (tertiary/aromatic N) is 9. The van der Waals surface area contributed by atoms with Crippen LogP contribution in [-0.4, -0.2) is 0 Å². The predicted octanol–water partition coefficient (Wildman–Crippen LogP) is 31.9. The van der Waals surface area contributed by atoms with Gasteiger partial charge in [-0.25, -0.2) is 0 Å². The van der Waals surface area contributed by atoms with Gasteiger partial charge in [0.2, 0.25) is 0 Å². The van der Waals surface area contributed by atoms with Crippen molar-refractivity contribution in [3.8, 4) is 6.07 Å². The Balaban J connectivity index is 1.14. The third-order valence-electron chi connectivity index (χ3n) is 23.9. The van der Waals surface area contributed by atoms with E-state index < -0.39 is 0 Å². The molecular formula is C104H103N9. The summed E-state index contributed by atoms with van der Waals surface area (Å²) in [4.78, 5) is 20.2. The van der Waals surface area contributed by atoms with Gasteiger partial charge in [-0.05, 0) is 244 Å². The summed E-state index contributed by atoms with van der Waals surface area (Å²) in [6, 6.07) is 104. The van der Waals surface area contributed by atoms with Gasteiger partial charge in [0.25, 0.3) is 0 Å². The lowest BCUT2D eigenvalue weighted by Crippen LogP contribution is -2.32. The van der Waals surface area contributed by atoms with Gasteiger partial charge in [0.1, 0.15) is 11.6 Å². The fraction of sp³-hybridized carbons (Fsp3) is 0.240. The topological polar surface area (TPSA) is 49.7 Å². The summed E-state index contributed by atoms with van der Waals surface area (Å²) >= 11 is 0. The van der Waals surface area contributed by atoms with E-state index in [1.807, 2.05) is 0 Å². The number of hydrogen-bond donors (Lipinski definition) is 0. The van der Waals surface area contributed by atoms with Gasteiger partial charge in [-0.15, -0.1) is 0 Å². The van der Waals surface area contributed by atoms with E-state index in [0.29, 0.717) is 5.56 Å². The molecular weight excluding hydrogens is 1380 g/mol. The zero-order valence-corrected chi connectivity index (χ0v) is 68.5. The molecule has 0 saturated carbocycles. The van der Waals surface area contributed by atoms with Crippen LogP contribution < -0.4 is 39.2 Å². The van der Waals surface area contributed by atoms with E-state index in [-0.39, 0.29) is 47.3 Å². The Bertz CT molecular complexity index is 5280. The number of nitriles is 1. The minimum Gasteiger partial charge on any atom is -0.306 e. The van der Waals surface area contributed by atoms with Crippen LogP contribution in [0.25, 0.3) is 0 Å². The Labute approximate surface area is 670 Å². The summed E-state index contributed by atoms with van der Waals surface area (Å²) in [6.45, 7) is 39.2. The molecule has 0 N–H and O–H groups in total. The van der Waals surface area contributed by atoms with Crippen LogP contribution in [0.1, 0.15) is 214 Å². The average Bonchev–Trinajstić information content (AvgIpc) is 0.684. The quantitative estimate of drug-likeness (QED) is 0.0942. The van der Waals surface area contributed by atoms with E-state index in [2.05, 4.69) is 430 Å². The zero-order valence-electron chi connectivity index (χ0n) is 68.5. The molecule has 0 radical (unpaired) electrons. The van der Waals surface area contributed by atoms with E-state index in [1.54, 1.807) is 0 Å². The molecule has 0 fully saturated rings. The van der Waals surface area contributed by atoms with E-state index in [4.69, 9.17) is 0 Å². The highest BCUT2D eigenvalue weighted by atomic mass is 15.4. The van der Waals surface area contributed by atoms with Crippen molar-refractivity contribution in [2.45, 2.75) is 165 Å². The number of anilines is 24. The van der Waals surface area contributed by atoms with Crippen LogP contribution in [0.3, 0.4) is 0 Å². The molecule has 9 heteroatoms. The van der Waals surface area contributed by atoms with Crippen LogP contribution in [0.2, 0.25) is 0 Å². The van der Waals surface area contributed by atoms with Crippen LogP contribution in [0, 0.1) is 18.3 Å². The zero-order chi connectivity index (χ0) is 78.7. The Morgan fingerprint density at radius 1 is 0.195 bits per heavy atom. The SMILES string of the molecule is Cc1c(N2c3ccc(C(C)C)cc3N(c3ccccc3)c3cc(C(C)C)ccc32)c(N2c3ccc(C(C)C)cc3N(c3ccccc3)c3cc(C(C)C)ccc32)c(C#N)c(N2c3ccc(C(C)C)cc3N(c3ccccc3)c3cc(C(C)C)ccc32)c1N1c2ccc(C(C)C)cc2N(c2ccccc2)c2cc(C(C)C)ccc21. The van der Waals surface area contributed by atoms with Crippen molar-refractivity contribution in [1.29, 1.82) is 5.26 Å². The highest BCUT2D eigenvalue weighted by molar-refractivity contribution is 6.17. The summed E-state index contributed by atoms with van der Waals surface area (Å²) in [7, 11) is 0. The Kier molecular flexibility index (Phi) is 19.0. The molecule has 4 aliphatic rings. The first-order valence-electron chi connectivity index (χ1n) is 40.9. The maximum absolute atomic E-state index is 14.2. The highest BCUT2D eigenvalue weighted by Crippen LogP contribution is 2.69. The molecule has 0 amide bonds. The first-order valence-corrected chi connectivity index (χ1v) is 40.9. The van der Waals surface area contributed by atoms with E-state index >= 15 is 0 Å². The van der Waals surface area contributed by atoms with Crippen LogP contribution in [-0.2, 0) is 0 Å². The summed E-state index contributed by atoms with van der Waals surface area (Å²) in [5.41, 5.74) is 34.6. The van der Waals surface area contributed by atoms with Gasteiger partial charge in [0.15, 0.2) is 0 Å². The number of hydrogen-bond acceptors (Lipinski definition) is 9. The highest BCUT2D eigenvalue weighted by Gasteiger charge is 2.46. The Hall–Kier alpha value is -12.3. The molecule has 4 heterocycles.